The molecule has 0 saturated heterocycles. The molecule has 0 aliphatic heterocycles. The predicted molar refractivity (Wildman–Crippen MR) is 139 cm³/mol. The highest BCUT2D eigenvalue weighted by Gasteiger charge is 2.16. The summed E-state index contributed by atoms with van der Waals surface area (Å²) in [4.78, 5) is 0. The number of nitrogens with zero attached hydrogens (tertiary/aromatic N) is 3. The van der Waals surface area contributed by atoms with E-state index in [-0.39, 0.29) is 6.04 Å². The molecule has 0 aliphatic carbocycles. The number of aliphatic hydroxyl groups is 1. The van der Waals surface area contributed by atoms with Gasteiger partial charge in [0.05, 0.1) is 6.04 Å². The molecule has 0 aliphatic rings. The lowest BCUT2D eigenvalue weighted by molar-refractivity contribution is 0.220. The lowest BCUT2D eigenvalue weighted by atomic mass is 9.96. The first-order valence-corrected chi connectivity index (χ1v) is 12.1. The van der Waals surface area contributed by atoms with Crippen molar-refractivity contribution in [1.82, 2.24) is 14.8 Å². The van der Waals surface area contributed by atoms with Crippen molar-refractivity contribution in [2.24, 2.45) is 0 Å². The number of hydrogen-bond donors (Lipinski definition) is 1. The molecule has 5 rings (SSSR count). The Morgan fingerprint density at radius 3 is 1.51 bits per heavy atom. The molecule has 0 fully saturated rings. The van der Waals surface area contributed by atoms with Gasteiger partial charge >= 0.3 is 0 Å². The minimum Gasteiger partial charge on any atom is -0.384 e. The Balaban J connectivity index is 1.20. The first-order chi connectivity index (χ1) is 17.3. The van der Waals surface area contributed by atoms with E-state index < -0.39 is 6.10 Å². The van der Waals surface area contributed by atoms with Gasteiger partial charge in [-0.3, -0.25) is 0 Å². The second-order valence-electron chi connectivity index (χ2n) is 8.87. The van der Waals surface area contributed by atoms with E-state index in [1.54, 1.807) is 12.7 Å². The van der Waals surface area contributed by atoms with Gasteiger partial charge in [0.15, 0.2) is 0 Å². The van der Waals surface area contributed by atoms with Gasteiger partial charge in [-0.1, -0.05) is 109 Å². The molecule has 0 bridgehead atoms. The highest BCUT2D eigenvalue weighted by molar-refractivity contribution is 5.35. The summed E-state index contributed by atoms with van der Waals surface area (Å²) in [6.07, 6.45) is 6.08. The molecule has 4 heteroatoms. The van der Waals surface area contributed by atoms with Gasteiger partial charge in [0.2, 0.25) is 0 Å². The van der Waals surface area contributed by atoms with E-state index in [0.717, 1.165) is 30.4 Å². The molecule has 0 spiro atoms. The van der Waals surface area contributed by atoms with Crippen molar-refractivity contribution < 1.29 is 5.11 Å². The topological polar surface area (TPSA) is 50.9 Å². The summed E-state index contributed by atoms with van der Waals surface area (Å²) in [5.41, 5.74) is 6.90. The minimum absolute atomic E-state index is 0.0602. The molecule has 1 heterocycles. The molecule has 1 N–H and O–H groups in total. The molecule has 174 valence electrons. The maximum absolute atomic E-state index is 10.6. The molecule has 4 nitrogen and oxygen atoms in total. The number of aliphatic hydroxyl groups excluding tert-OH is 1. The third-order valence-electron chi connectivity index (χ3n) is 6.49. The molecule has 4 aromatic carbocycles. The lowest BCUT2D eigenvalue weighted by Gasteiger charge is -2.19. The number of aromatic nitrogens is 3. The number of hydrogen-bond acceptors (Lipinski definition) is 3. The van der Waals surface area contributed by atoms with Gasteiger partial charge in [0, 0.05) is 0 Å². The van der Waals surface area contributed by atoms with Crippen LogP contribution in [-0.4, -0.2) is 19.9 Å². The third kappa shape index (κ3) is 5.56. The van der Waals surface area contributed by atoms with Crippen molar-refractivity contribution in [2.45, 2.75) is 31.4 Å². The van der Waals surface area contributed by atoms with E-state index in [9.17, 15) is 5.11 Å². The van der Waals surface area contributed by atoms with Crippen LogP contribution in [0.5, 0.6) is 0 Å². The fraction of sp³-hybridized carbons (Fsp3) is 0.161. The van der Waals surface area contributed by atoms with Crippen LogP contribution in [0.15, 0.2) is 122 Å². The van der Waals surface area contributed by atoms with E-state index >= 15 is 0 Å². The summed E-state index contributed by atoms with van der Waals surface area (Å²) in [6, 6.07) is 37.5. The summed E-state index contributed by atoms with van der Waals surface area (Å²) in [5.74, 6) is 0. The van der Waals surface area contributed by atoms with Gasteiger partial charge in [0.1, 0.15) is 18.8 Å². The van der Waals surface area contributed by atoms with Gasteiger partial charge in [-0.15, -0.1) is 10.2 Å². The van der Waals surface area contributed by atoms with Gasteiger partial charge in [-0.05, 0) is 52.6 Å². The van der Waals surface area contributed by atoms with Crippen LogP contribution in [0.25, 0.3) is 0 Å². The maximum atomic E-state index is 10.6. The highest BCUT2D eigenvalue weighted by atomic mass is 16.3. The van der Waals surface area contributed by atoms with Crippen LogP contribution in [0.3, 0.4) is 0 Å². The Hall–Kier alpha value is -4.02. The van der Waals surface area contributed by atoms with Crippen molar-refractivity contribution in [1.29, 1.82) is 0 Å². The van der Waals surface area contributed by atoms with E-state index in [1.807, 2.05) is 53.1 Å². The SMILES string of the molecule is OC(c1ccccc1)c1ccc(CCCc2ccc(C(c3ccccc3)n3cnnc3)cc2)cc1. The van der Waals surface area contributed by atoms with Crippen LogP contribution in [0.1, 0.15) is 51.9 Å². The number of aryl methyl sites for hydroxylation is 2. The molecule has 2 unspecified atom stereocenters. The second-order valence-corrected chi connectivity index (χ2v) is 8.87. The van der Waals surface area contributed by atoms with Crippen molar-refractivity contribution in [2.75, 3.05) is 0 Å². The van der Waals surface area contributed by atoms with Crippen molar-refractivity contribution >= 4 is 0 Å². The number of rotatable bonds is 9. The van der Waals surface area contributed by atoms with Gasteiger partial charge in [-0.2, -0.15) is 0 Å². The van der Waals surface area contributed by atoms with Crippen molar-refractivity contribution in [3.05, 3.63) is 155 Å². The molecule has 1 aromatic heterocycles. The molecule has 2 atom stereocenters. The summed E-state index contributed by atoms with van der Waals surface area (Å²) in [6.45, 7) is 0. The zero-order valence-corrected chi connectivity index (χ0v) is 19.6. The van der Waals surface area contributed by atoms with Crippen LogP contribution in [0, 0.1) is 0 Å². The second kappa shape index (κ2) is 10.9. The first-order valence-electron chi connectivity index (χ1n) is 12.1. The Morgan fingerprint density at radius 2 is 0.971 bits per heavy atom. The van der Waals surface area contributed by atoms with E-state index in [4.69, 9.17) is 0 Å². The van der Waals surface area contributed by atoms with E-state index in [2.05, 4.69) is 70.9 Å². The Bertz CT molecular complexity index is 1300. The molecule has 5 aromatic rings. The average molecular weight is 460 g/mol. The fourth-order valence-corrected chi connectivity index (χ4v) is 4.57. The van der Waals surface area contributed by atoms with Gasteiger partial charge in [-0.25, -0.2) is 0 Å². The molecule has 0 amide bonds. The smallest absolute Gasteiger partial charge is 0.120 e. The fourth-order valence-electron chi connectivity index (χ4n) is 4.57. The molecular weight excluding hydrogens is 430 g/mol. The van der Waals surface area contributed by atoms with Crippen LogP contribution >= 0.6 is 0 Å². The summed E-state index contributed by atoms with van der Waals surface area (Å²) in [7, 11) is 0. The predicted octanol–water partition coefficient (Wildman–Crippen LogP) is 6.17. The molecule has 35 heavy (non-hydrogen) atoms. The lowest BCUT2D eigenvalue weighted by Crippen LogP contribution is -2.10. The Kier molecular flexibility index (Phi) is 7.11. The normalized spacial score (nSPS) is 12.8. The quantitative estimate of drug-likeness (QED) is 0.287. The van der Waals surface area contributed by atoms with Crippen LogP contribution in [-0.2, 0) is 12.8 Å². The van der Waals surface area contributed by atoms with Crippen molar-refractivity contribution in [3.8, 4) is 0 Å². The van der Waals surface area contributed by atoms with E-state index in [0.29, 0.717) is 0 Å². The standard InChI is InChI=1S/C31H29N3O/c35-31(28-12-5-2-6-13-28)29-20-16-25(17-21-29)9-7-8-24-14-18-27(19-15-24)30(34-22-32-33-23-34)26-10-3-1-4-11-26/h1-6,10-23,30-31,35H,7-9H2. The Labute approximate surface area is 206 Å². The average Bonchev–Trinajstić information content (AvgIpc) is 3.45. The minimum atomic E-state index is -0.582. The van der Waals surface area contributed by atoms with E-state index in [1.165, 1.54) is 22.3 Å². The largest absolute Gasteiger partial charge is 0.384 e. The third-order valence-corrected chi connectivity index (χ3v) is 6.49. The first kappa shape index (κ1) is 22.8. The summed E-state index contributed by atoms with van der Waals surface area (Å²) in [5, 5.41) is 18.6. The Morgan fingerprint density at radius 1 is 0.543 bits per heavy atom. The van der Waals surface area contributed by atoms with Crippen LogP contribution < -0.4 is 0 Å². The van der Waals surface area contributed by atoms with Gasteiger partial charge < -0.3 is 9.67 Å². The monoisotopic (exact) mass is 459 g/mol. The molecule has 0 saturated carbocycles. The molecule has 0 radical (unpaired) electrons. The maximum Gasteiger partial charge on any atom is 0.120 e. The van der Waals surface area contributed by atoms with Crippen LogP contribution in [0.2, 0.25) is 0 Å². The van der Waals surface area contributed by atoms with Crippen LogP contribution in [0.4, 0.5) is 0 Å². The van der Waals surface area contributed by atoms with Crippen molar-refractivity contribution in [3.63, 3.8) is 0 Å². The molecular formula is C31H29N3O. The zero-order chi connectivity index (χ0) is 23.9. The summed E-state index contributed by atoms with van der Waals surface area (Å²) >= 11 is 0. The zero-order valence-electron chi connectivity index (χ0n) is 19.6. The summed E-state index contributed by atoms with van der Waals surface area (Å²) < 4.78 is 2.04. The van der Waals surface area contributed by atoms with Gasteiger partial charge in [0.25, 0.3) is 0 Å². The number of benzene rings is 4. The highest BCUT2D eigenvalue weighted by Crippen LogP contribution is 2.27.